The van der Waals surface area contributed by atoms with Crippen LogP contribution in [-0.4, -0.2) is 23.7 Å². The number of nitrogens with zero attached hydrogens (tertiary/aromatic N) is 1. The fraction of sp³-hybridized carbons (Fsp3) is 0.370. The number of allylic oxidation sites excluding steroid dienone is 2. The molecule has 4 aliphatic carbocycles. The molecule has 0 radical (unpaired) electrons. The zero-order valence-electron chi connectivity index (χ0n) is 18.1. The first kappa shape index (κ1) is 19.5. The number of imide groups is 1. The molecule has 5 nitrogen and oxygen atoms in total. The van der Waals surface area contributed by atoms with Gasteiger partial charge in [-0.05, 0) is 56.1 Å². The summed E-state index contributed by atoms with van der Waals surface area (Å²) in [5, 5.41) is 0. The van der Waals surface area contributed by atoms with Crippen molar-refractivity contribution in [2.45, 2.75) is 26.4 Å². The number of aryl methyl sites for hydroxylation is 1. The number of carbonyl (C=O) groups excluding carboxylic acids is 3. The van der Waals surface area contributed by atoms with E-state index < -0.39 is 6.10 Å². The molecular formula is C27H25NO4. The summed E-state index contributed by atoms with van der Waals surface area (Å²) in [6.07, 6.45) is 4.71. The molecule has 5 aliphatic rings. The SMILES string of the molecule is Cc1ccc(C(=O)[C@@H](C)Oc2ccccc2N2C(=O)[C@H]3[C@@H]4C=C[C@H]([C@H]5C[C@H]45)[C@@H]3C2=O)cc1. The van der Waals surface area contributed by atoms with Crippen molar-refractivity contribution in [3.8, 4) is 5.75 Å². The minimum Gasteiger partial charge on any atom is -0.480 e. The number of rotatable bonds is 5. The van der Waals surface area contributed by atoms with Gasteiger partial charge in [-0.3, -0.25) is 14.4 Å². The van der Waals surface area contributed by atoms with Crippen LogP contribution in [0.3, 0.4) is 0 Å². The molecule has 1 heterocycles. The van der Waals surface area contributed by atoms with Crippen molar-refractivity contribution in [1.29, 1.82) is 0 Å². The Morgan fingerprint density at radius 3 is 2.16 bits per heavy atom. The van der Waals surface area contributed by atoms with Crippen molar-refractivity contribution < 1.29 is 19.1 Å². The zero-order chi connectivity index (χ0) is 22.1. The van der Waals surface area contributed by atoms with E-state index in [1.54, 1.807) is 43.3 Å². The van der Waals surface area contributed by atoms with Gasteiger partial charge in [-0.15, -0.1) is 0 Å². The van der Waals surface area contributed by atoms with Crippen LogP contribution in [0.1, 0.15) is 29.3 Å². The second-order valence-corrected chi connectivity index (χ2v) is 9.62. The van der Waals surface area contributed by atoms with Gasteiger partial charge in [0.2, 0.25) is 17.6 Å². The summed E-state index contributed by atoms with van der Waals surface area (Å²) < 4.78 is 6.04. The van der Waals surface area contributed by atoms with Gasteiger partial charge in [0, 0.05) is 5.56 Å². The highest BCUT2D eigenvalue weighted by atomic mass is 16.5. The minimum absolute atomic E-state index is 0.127. The number of benzene rings is 2. The molecule has 32 heavy (non-hydrogen) atoms. The second kappa shape index (κ2) is 6.89. The van der Waals surface area contributed by atoms with E-state index in [1.807, 2.05) is 19.1 Å². The number of ether oxygens (including phenoxy) is 1. The Hall–Kier alpha value is -3.21. The zero-order valence-corrected chi connectivity index (χ0v) is 18.1. The lowest BCUT2D eigenvalue weighted by molar-refractivity contribution is -0.124. The molecule has 7 atom stereocenters. The van der Waals surface area contributed by atoms with E-state index in [-0.39, 0.29) is 41.3 Å². The van der Waals surface area contributed by atoms with Gasteiger partial charge in [0.25, 0.3) is 0 Å². The van der Waals surface area contributed by atoms with E-state index in [0.717, 1.165) is 12.0 Å². The number of anilines is 1. The van der Waals surface area contributed by atoms with E-state index in [1.165, 1.54) is 4.90 Å². The lowest BCUT2D eigenvalue weighted by atomic mass is 9.63. The van der Waals surface area contributed by atoms with E-state index >= 15 is 0 Å². The molecule has 162 valence electrons. The highest BCUT2D eigenvalue weighted by Crippen LogP contribution is 2.65. The first-order chi connectivity index (χ1) is 15.5. The third-order valence-electron chi connectivity index (χ3n) is 7.78. The topological polar surface area (TPSA) is 63.7 Å². The third-order valence-corrected chi connectivity index (χ3v) is 7.78. The standard InChI is InChI=1S/C27H25NO4/c1-14-7-9-16(10-8-14)25(29)15(2)32-22-6-4-3-5-21(22)28-26(30)23-17-11-12-18(20-13-19(17)20)24(23)27(28)31/h3-12,15,17-20,23-24H,13H2,1-2H3/t15-,17-,18-,19-,20-,23+,24+/m1/s1. The molecule has 2 amide bonds. The average molecular weight is 428 g/mol. The molecule has 2 saturated carbocycles. The Balaban J connectivity index is 1.29. The first-order valence-electron chi connectivity index (χ1n) is 11.4. The number of ketones is 1. The summed E-state index contributed by atoms with van der Waals surface area (Å²) in [6, 6.07) is 14.4. The first-order valence-corrected chi connectivity index (χ1v) is 11.4. The monoisotopic (exact) mass is 427 g/mol. The predicted molar refractivity (Wildman–Crippen MR) is 119 cm³/mol. The van der Waals surface area contributed by atoms with Gasteiger partial charge < -0.3 is 4.74 Å². The molecule has 5 heteroatoms. The molecule has 2 aromatic carbocycles. The molecular weight excluding hydrogens is 402 g/mol. The van der Waals surface area contributed by atoms with Crippen LogP contribution in [-0.2, 0) is 9.59 Å². The van der Waals surface area contributed by atoms with Crippen LogP contribution in [0, 0.1) is 42.4 Å². The molecule has 0 N–H and O–H groups in total. The van der Waals surface area contributed by atoms with Gasteiger partial charge in [-0.25, -0.2) is 4.90 Å². The van der Waals surface area contributed by atoms with Crippen molar-refractivity contribution in [2.24, 2.45) is 35.5 Å². The molecule has 1 aliphatic heterocycles. The second-order valence-electron chi connectivity index (χ2n) is 9.62. The van der Waals surface area contributed by atoms with Crippen LogP contribution in [0.5, 0.6) is 5.75 Å². The lowest BCUT2D eigenvalue weighted by Gasteiger charge is -2.37. The Labute approximate surface area is 187 Å². The van der Waals surface area contributed by atoms with Gasteiger partial charge in [-0.2, -0.15) is 0 Å². The number of carbonyl (C=O) groups is 3. The summed E-state index contributed by atoms with van der Waals surface area (Å²) in [5.74, 6) is 0.917. The van der Waals surface area contributed by atoms with Gasteiger partial charge in [0.1, 0.15) is 5.75 Å². The van der Waals surface area contributed by atoms with Crippen LogP contribution in [0.2, 0.25) is 0 Å². The Morgan fingerprint density at radius 1 is 0.938 bits per heavy atom. The molecule has 0 aromatic heterocycles. The van der Waals surface area contributed by atoms with Crippen LogP contribution in [0.4, 0.5) is 5.69 Å². The third kappa shape index (κ3) is 2.73. The van der Waals surface area contributed by atoms with Gasteiger partial charge >= 0.3 is 0 Å². The maximum absolute atomic E-state index is 13.5. The quantitative estimate of drug-likeness (QED) is 0.408. The largest absolute Gasteiger partial charge is 0.480 e. The fourth-order valence-corrected chi connectivity index (χ4v) is 6.13. The number of para-hydroxylation sites is 2. The summed E-state index contributed by atoms with van der Waals surface area (Å²) in [5.41, 5.74) is 2.09. The summed E-state index contributed by atoms with van der Waals surface area (Å²) in [6.45, 7) is 3.67. The van der Waals surface area contributed by atoms with Crippen molar-refractivity contribution >= 4 is 23.3 Å². The van der Waals surface area contributed by atoms with E-state index in [4.69, 9.17) is 4.74 Å². The summed E-state index contributed by atoms with van der Waals surface area (Å²) >= 11 is 0. The van der Waals surface area contributed by atoms with Gasteiger partial charge in [-0.1, -0.05) is 54.1 Å². The predicted octanol–water partition coefficient (Wildman–Crippen LogP) is 4.20. The Morgan fingerprint density at radius 2 is 1.53 bits per heavy atom. The molecule has 3 fully saturated rings. The normalized spacial score (nSPS) is 32.5. The fourth-order valence-electron chi connectivity index (χ4n) is 6.13. The van der Waals surface area contributed by atoms with Crippen LogP contribution in [0.15, 0.2) is 60.7 Å². The highest BCUT2D eigenvalue weighted by Gasteiger charge is 2.67. The van der Waals surface area contributed by atoms with Crippen molar-refractivity contribution in [1.82, 2.24) is 0 Å². The Kier molecular flexibility index (Phi) is 4.19. The number of amides is 2. The van der Waals surface area contributed by atoms with Gasteiger partial charge in [0.05, 0.1) is 17.5 Å². The average Bonchev–Trinajstić information content (AvgIpc) is 3.58. The maximum atomic E-state index is 13.5. The maximum Gasteiger partial charge on any atom is 0.238 e. The Bertz CT molecular complexity index is 1130. The lowest BCUT2D eigenvalue weighted by Crippen LogP contribution is -2.40. The summed E-state index contributed by atoms with van der Waals surface area (Å²) in [4.78, 5) is 41.2. The molecule has 0 spiro atoms. The van der Waals surface area contributed by atoms with E-state index in [0.29, 0.717) is 28.8 Å². The van der Waals surface area contributed by atoms with Crippen LogP contribution < -0.4 is 9.64 Å². The number of Topliss-reactive ketones (excluding diaryl/α,β-unsaturated/α-hetero) is 1. The van der Waals surface area contributed by atoms with E-state index in [2.05, 4.69) is 12.2 Å². The molecule has 1 saturated heterocycles. The van der Waals surface area contributed by atoms with Crippen molar-refractivity contribution in [2.75, 3.05) is 4.90 Å². The minimum atomic E-state index is -0.751. The molecule has 7 rings (SSSR count). The summed E-state index contributed by atoms with van der Waals surface area (Å²) in [7, 11) is 0. The molecule has 2 aromatic rings. The van der Waals surface area contributed by atoms with Crippen LogP contribution in [0.25, 0.3) is 0 Å². The molecule has 0 unspecified atom stereocenters. The highest BCUT2D eigenvalue weighted by molar-refractivity contribution is 6.23. The number of hydrogen-bond acceptors (Lipinski definition) is 4. The number of hydrogen-bond donors (Lipinski definition) is 0. The van der Waals surface area contributed by atoms with E-state index in [9.17, 15) is 14.4 Å². The van der Waals surface area contributed by atoms with Crippen molar-refractivity contribution in [3.63, 3.8) is 0 Å². The van der Waals surface area contributed by atoms with Crippen LogP contribution >= 0.6 is 0 Å². The molecule has 2 bridgehead atoms. The van der Waals surface area contributed by atoms with Gasteiger partial charge in [0.15, 0.2) is 6.10 Å². The van der Waals surface area contributed by atoms with Crippen molar-refractivity contribution in [3.05, 3.63) is 71.8 Å². The smallest absolute Gasteiger partial charge is 0.238 e.